The number of ether oxygens (including phenoxy) is 2. The van der Waals surface area contributed by atoms with Crippen LogP contribution in [0.1, 0.15) is 32.3 Å². The molecular weight excluding hydrogens is 242 g/mol. The summed E-state index contributed by atoms with van der Waals surface area (Å²) < 4.78 is 10.9. The van der Waals surface area contributed by atoms with Gasteiger partial charge in [-0.15, -0.1) is 0 Å². The minimum atomic E-state index is 0.279. The average Bonchev–Trinajstić information content (AvgIpc) is 2.41. The highest BCUT2D eigenvalue weighted by Gasteiger charge is 2.27. The molecule has 1 aromatic heterocycles. The average molecular weight is 265 g/mol. The summed E-state index contributed by atoms with van der Waals surface area (Å²) in [7, 11) is 0. The molecule has 0 aliphatic carbocycles. The summed E-state index contributed by atoms with van der Waals surface area (Å²) in [5, 5.41) is 3.44. The smallest absolute Gasteiger partial charge is 0.221 e. The minimum Gasteiger partial charge on any atom is -0.478 e. The lowest BCUT2D eigenvalue weighted by Gasteiger charge is -2.33. The summed E-state index contributed by atoms with van der Waals surface area (Å²) >= 11 is 0. The number of rotatable bonds is 5. The van der Waals surface area contributed by atoms with Gasteiger partial charge in [-0.3, -0.25) is 0 Å². The highest BCUT2D eigenvalue weighted by molar-refractivity contribution is 5.47. The normalized spacial score (nSPS) is 18.1. The zero-order valence-electron chi connectivity index (χ0n) is 12.0. The molecule has 0 saturated carbocycles. The number of aromatic nitrogens is 2. The Hall–Kier alpha value is -1.36. The second kappa shape index (κ2) is 6.19. The van der Waals surface area contributed by atoms with E-state index in [1.807, 2.05) is 13.8 Å². The predicted molar refractivity (Wildman–Crippen MR) is 74.6 cm³/mol. The van der Waals surface area contributed by atoms with Crippen molar-refractivity contribution in [3.8, 4) is 5.88 Å². The molecule has 0 aromatic carbocycles. The summed E-state index contributed by atoms with van der Waals surface area (Å²) in [6, 6.07) is 0. The van der Waals surface area contributed by atoms with E-state index in [1.54, 1.807) is 6.33 Å². The van der Waals surface area contributed by atoms with Gasteiger partial charge in [-0.1, -0.05) is 6.92 Å². The molecule has 0 unspecified atom stereocenters. The highest BCUT2D eigenvalue weighted by atomic mass is 16.5. The molecule has 0 bridgehead atoms. The molecule has 106 valence electrons. The molecule has 1 fully saturated rings. The molecule has 5 heteroatoms. The molecule has 1 aliphatic rings. The second-order valence-electron chi connectivity index (χ2n) is 5.36. The van der Waals surface area contributed by atoms with Crippen molar-refractivity contribution in [2.75, 3.05) is 31.7 Å². The van der Waals surface area contributed by atoms with Crippen LogP contribution in [0.3, 0.4) is 0 Å². The van der Waals surface area contributed by atoms with Crippen molar-refractivity contribution in [3.63, 3.8) is 0 Å². The zero-order chi connectivity index (χ0) is 13.7. The number of hydrogen-bond acceptors (Lipinski definition) is 5. The van der Waals surface area contributed by atoms with E-state index in [9.17, 15) is 0 Å². The van der Waals surface area contributed by atoms with Crippen molar-refractivity contribution >= 4 is 5.82 Å². The minimum absolute atomic E-state index is 0.279. The van der Waals surface area contributed by atoms with E-state index in [1.165, 1.54) is 0 Å². The molecule has 19 heavy (non-hydrogen) atoms. The third-order valence-corrected chi connectivity index (χ3v) is 3.70. The molecule has 5 nitrogen and oxygen atoms in total. The van der Waals surface area contributed by atoms with E-state index in [4.69, 9.17) is 9.47 Å². The van der Waals surface area contributed by atoms with E-state index < -0.39 is 0 Å². The van der Waals surface area contributed by atoms with Crippen LogP contribution in [0.5, 0.6) is 5.88 Å². The number of hydrogen-bond donors (Lipinski definition) is 1. The first-order chi connectivity index (χ1) is 9.14. The van der Waals surface area contributed by atoms with Crippen LogP contribution < -0.4 is 10.1 Å². The van der Waals surface area contributed by atoms with Gasteiger partial charge in [0, 0.05) is 19.8 Å². The van der Waals surface area contributed by atoms with E-state index >= 15 is 0 Å². The van der Waals surface area contributed by atoms with Crippen LogP contribution in [0.25, 0.3) is 0 Å². The molecule has 2 rings (SSSR count). The van der Waals surface area contributed by atoms with Crippen LogP contribution in [-0.4, -0.2) is 36.3 Å². The molecule has 0 spiro atoms. The molecule has 1 saturated heterocycles. The lowest BCUT2D eigenvalue weighted by molar-refractivity contribution is 0.0299. The summed E-state index contributed by atoms with van der Waals surface area (Å²) in [5.74, 6) is 1.53. The van der Waals surface area contributed by atoms with Crippen LogP contribution in [0.4, 0.5) is 5.82 Å². The maximum atomic E-state index is 5.48. The van der Waals surface area contributed by atoms with Crippen LogP contribution in [-0.2, 0) is 4.74 Å². The van der Waals surface area contributed by atoms with Crippen molar-refractivity contribution in [3.05, 3.63) is 11.9 Å². The number of nitrogens with one attached hydrogen (secondary N) is 1. The van der Waals surface area contributed by atoms with Gasteiger partial charge in [0.05, 0.1) is 12.2 Å². The lowest BCUT2D eigenvalue weighted by atomic mass is 9.82. The summed E-state index contributed by atoms with van der Waals surface area (Å²) in [5.41, 5.74) is 1.25. The third kappa shape index (κ3) is 3.56. The van der Waals surface area contributed by atoms with Gasteiger partial charge in [-0.05, 0) is 32.1 Å². The SMILES string of the molecule is CCOc1ncnc(NCC2(C)CCOCC2)c1C. The van der Waals surface area contributed by atoms with Gasteiger partial charge in [0.1, 0.15) is 12.1 Å². The topological polar surface area (TPSA) is 56.3 Å². The Balaban J connectivity index is 2.00. The zero-order valence-corrected chi connectivity index (χ0v) is 12.0. The maximum Gasteiger partial charge on any atom is 0.221 e. The second-order valence-corrected chi connectivity index (χ2v) is 5.36. The Bertz CT molecular complexity index is 417. The fourth-order valence-electron chi connectivity index (χ4n) is 2.23. The maximum absolute atomic E-state index is 5.48. The fraction of sp³-hybridized carbons (Fsp3) is 0.714. The van der Waals surface area contributed by atoms with Crippen LogP contribution in [0.2, 0.25) is 0 Å². The van der Waals surface area contributed by atoms with Crippen molar-refractivity contribution in [2.24, 2.45) is 5.41 Å². The van der Waals surface area contributed by atoms with Crippen molar-refractivity contribution in [1.29, 1.82) is 0 Å². The van der Waals surface area contributed by atoms with E-state index in [2.05, 4.69) is 22.2 Å². The van der Waals surface area contributed by atoms with Crippen molar-refractivity contribution in [1.82, 2.24) is 9.97 Å². The van der Waals surface area contributed by atoms with E-state index in [0.29, 0.717) is 12.5 Å². The van der Waals surface area contributed by atoms with Gasteiger partial charge in [0.25, 0.3) is 0 Å². The molecule has 2 heterocycles. The first-order valence-electron chi connectivity index (χ1n) is 6.91. The molecule has 0 radical (unpaired) electrons. The Labute approximate surface area is 114 Å². The van der Waals surface area contributed by atoms with Gasteiger partial charge in [-0.25, -0.2) is 9.97 Å². The number of anilines is 1. The molecule has 1 aromatic rings. The molecular formula is C14H23N3O2. The van der Waals surface area contributed by atoms with E-state index in [0.717, 1.165) is 44.0 Å². The summed E-state index contributed by atoms with van der Waals surface area (Å²) in [4.78, 5) is 8.45. The Morgan fingerprint density at radius 2 is 2.11 bits per heavy atom. The van der Waals surface area contributed by atoms with Gasteiger partial charge >= 0.3 is 0 Å². The Kier molecular flexibility index (Phi) is 4.58. The highest BCUT2D eigenvalue weighted by Crippen LogP contribution is 2.30. The monoisotopic (exact) mass is 265 g/mol. The Morgan fingerprint density at radius 1 is 1.37 bits per heavy atom. The van der Waals surface area contributed by atoms with E-state index in [-0.39, 0.29) is 5.41 Å². The van der Waals surface area contributed by atoms with Crippen LogP contribution in [0, 0.1) is 12.3 Å². The van der Waals surface area contributed by atoms with Crippen LogP contribution in [0.15, 0.2) is 6.33 Å². The summed E-state index contributed by atoms with van der Waals surface area (Å²) in [6.07, 6.45) is 3.72. The van der Waals surface area contributed by atoms with Crippen molar-refractivity contribution < 1.29 is 9.47 Å². The van der Waals surface area contributed by atoms with Gasteiger partial charge in [0.2, 0.25) is 5.88 Å². The molecule has 1 aliphatic heterocycles. The van der Waals surface area contributed by atoms with Gasteiger partial charge in [0.15, 0.2) is 0 Å². The van der Waals surface area contributed by atoms with Gasteiger partial charge < -0.3 is 14.8 Å². The standard InChI is InChI=1S/C14H23N3O2/c1-4-19-13-11(2)12(16-10-17-13)15-9-14(3)5-7-18-8-6-14/h10H,4-9H2,1-3H3,(H,15,16,17). The lowest BCUT2D eigenvalue weighted by Crippen LogP contribution is -2.33. The molecule has 1 N–H and O–H groups in total. The third-order valence-electron chi connectivity index (χ3n) is 3.70. The van der Waals surface area contributed by atoms with Gasteiger partial charge in [-0.2, -0.15) is 0 Å². The predicted octanol–water partition coefficient (Wildman–Crippen LogP) is 2.41. The Morgan fingerprint density at radius 3 is 2.79 bits per heavy atom. The number of nitrogens with zero attached hydrogens (tertiary/aromatic N) is 2. The largest absolute Gasteiger partial charge is 0.478 e. The fourth-order valence-corrected chi connectivity index (χ4v) is 2.23. The first kappa shape index (κ1) is 14.1. The molecule has 0 atom stereocenters. The molecule has 0 amide bonds. The summed E-state index contributed by atoms with van der Waals surface area (Å²) in [6.45, 7) is 9.46. The van der Waals surface area contributed by atoms with Crippen LogP contribution >= 0.6 is 0 Å². The van der Waals surface area contributed by atoms with Crippen molar-refractivity contribution in [2.45, 2.75) is 33.6 Å². The first-order valence-corrected chi connectivity index (χ1v) is 6.91. The quantitative estimate of drug-likeness (QED) is 0.886.